The molecule has 90 valence electrons. The highest BCUT2D eigenvalue weighted by Crippen LogP contribution is 2.30. The Morgan fingerprint density at radius 2 is 1.89 bits per heavy atom. The average Bonchev–Trinajstić information content (AvgIpc) is 2.41. The van der Waals surface area contributed by atoms with Crippen molar-refractivity contribution in [1.29, 1.82) is 5.26 Å². The summed E-state index contributed by atoms with van der Waals surface area (Å²) in [6.07, 6.45) is 0.907. The lowest BCUT2D eigenvalue weighted by Crippen LogP contribution is -1.94. The first-order valence-corrected chi connectivity index (χ1v) is 6.01. The Kier molecular flexibility index (Phi) is 3.64. The largest absolute Gasteiger partial charge is 0.455 e. The number of rotatable bonds is 3. The summed E-state index contributed by atoms with van der Waals surface area (Å²) in [4.78, 5) is 0. The predicted molar refractivity (Wildman–Crippen MR) is 71.8 cm³/mol. The van der Waals surface area contributed by atoms with Crippen LogP contribution in [0, 0.1) is 18.3 Å². The van der Waals surface area contributed by atoms with Crippen LogP contribution < -0.4 is 4.74 Å². The van der Waals surface area contributed by atoms with Gasteiger partial charge in [0.05, 0.1) is 5.56 Å². The molecule has 2 aromatic rings. The summed E-state index contributed by atoms with van der Waals surface area (Å²) in [7, 11) is 0. The van der Waals surface area contributed by atoms with Crippen molar-refractivity contribution in [3.8, 4) is 17.6 Å². The van der Waals surface area contributed by atoms with E-state index in [0.29, 0.717) is 11.3 Å². The summed E-state index contributed by atoms with van der Waals surface area (Å²) >= 11 is 0. The molecule has 0 spiro atoms. The molecule has 0 aliphatic rings. The third-order valence-electron chi connectivity index (χ3n) is 2.90. The molecular formula is C16H15NO. The number of nitrogens with zero attached hydrogens (tertiary/aromatic N) is 1. The highest BCUT2D eigenvalue weighted by atomic mass is 16.5. The Morgan fingerprint density at radius 3 is 2.61 bits per heavy atom. The lowest BCUT2D eigenvalue weighted by Gasteiger charge is -2.13. The molecule has 0 saturated heterocycles. The van der Waals surface area contributed by atoms with Gasteiger partial charge in [-0.25, -0.2) is 0 Å². The van der Waals surface area contributed by atoms with Gasteiger partial charge in [0.1, 0.15) is 17.6 Å². The molecule has 0 aliphatic heterocycles. The Balaban J connectivity index is 2.43. The first kappa shape index (κ1) is 12.2. The quantitative estimate of drug-likeness (QED) is 0.800. The van der Waals surface area contributed by atoms with Gasteiger partial charge >= 0.3 is 0 Å². The van der Waals surface area contributed by atoms with Gasteiger partial charge in [-0.05, 0) is 36.6 Å². The minimum absolute atomic E-state index is 0.570. The molecule has 18 heavy (non-hydrogen) atoms. The lowest BCUT2D eigenvalue weighted by molar-refractivity contribution is 0.471. The van der Waals surface area contributed by atoms with Gasteiger partial charge in [0.25, 0.3) is 0 Å². The van der Waals surface area contributed by atoms with Crippen LogP contribution in [0.4, 0.5) is 0 Å². The number of para-hydroxylation sites is 2. The number of hydrogen-bond donors (Lipinski definition) is 0. The van der Waals surface area contributed by atoms with Crippen molar-refractivity contribution in [1.82, 2.24) is 0 Å². The Bertz CT molecular complexity index is 596. The fourth-order valence-corrected chi connectivity index (χ4v) is 1.88. The van der Waals surface area contributed by atoms with E-state index in [2.05, 4.69) is 13.0 Å². The molecule has 0 aliphatic carbocycles. The van der Waals surface area contributed by atoms with Crippen LogP contribution in [-0.4, -0.2) is 0 Å². The first-order chi connectivity index (χ1) is 8.76. The molecule has 2 aromatic carbocycles. The Labute approximate surface area is 107 Å². The van der Waals surface area contributed by atoms with E-state index in [1.807, 2.05) is 43.3 Å². The zero-order valence-corrected chi connectivity index (χ0v) is 10.6. The van der Waals surface area contributed by atoms with Crippen LogP contribution in [0.15, 0.2) is 42.5 Å². The molecule has 0 aromatic heterocycles. The number of aryl methyl sites for hydroxylation is 2. The molecule has 0 amide bonds. The van der Waals surface area contributed by atoms with E-state index in [1.54, 1.807) is 6.07 Å². The number of hydrogen-bond acceptors (Lipinski definition) is 2. The summed E-state index contributed by atoms with van der Waals surface area (Å²) in [5.41, 5.74) is 2.69. The minimum atomic E-state index is 0.570. The maximum absolute atomic E-state index is 9.12. The molecule has 2 nitrogen and oxygen atoms in total. The summed E-state index contributed by atoms with van der Waals surface area (Å²) < 4.78 is 5.93. The van der Waals surface area contributed by atoms with Gasteiger partial charge in [-0.2, -0.15) is 5.26 Å². The van der Waals surface area contributed by atoms with Gasteiger partial charge in [-0.1, -0.05) is 37.3 Å². The minimum Gasteiger partial charge on any atom is -0.455 e. The van der Waals surface area contributed by atoms with E-state index in [4.69, 9.17) is 10.00 Å². The van der Waals surface area contributed by atoms with Crippen molar-refractivity contribution >= 4 is 0 Å². The maximum Gasteiger partial charge on any atom is 0.148 e. The van der Waals surface area contributed by atoms with Crippen molar-refractivity contribution in [2.75, 3.05) is 0 Å². The summed E-state index contributed by atoms with van der Waals surface area (Å²) in [5.74, 6) is 1.48. The zero-order chi connectivity index (χ0) is 13.0. The van der Waals surface area contributed by atoms with Crippen LogP contribution in [0.5, 0.6) is 11.5 Å². The second-order valence-electron chi connectivity index (χ2n) is 4.13. The van der Waals surface area contributed by atoms with Crippen LogP contribution >= 0.6 is 0 Å². The zero-order valence-electron chi connectivity index (χ0n) is 10.6. The maximum atomic E-state index is 9.12. The molecule has 0 bridgehead atoms. The Hall–Kier alpha value is -2.27. The van der Waals surface area contributed by atoms with E-state index >= 15 is 0 Å². The molecule has 0 heterocycles. The van der Waals surface area contributed by atoms with Gasteiger partial charge in [0.2, 0.25) is 0 Å². The smallest absolute Gasteiger partial charge is 0.148 e. The van der Waals surface area contributed by atoms with Crippen molar-refractivity contribution in [2.45, 2.75) is 20.3 Å². The predicted octanol–water partition coefficient (Wildman–Crippen LogP) is 4.22. The standard InChI is InChI=1S/C16H15NO/c1-3-13-8-4-5-10-15(13)18-16-12(2)7-6-9-14(16)11-17/h4-10H,3H2,1-2H3. The first-order valence-electron chi connectivity index (χ1n) is 6.01. The van der Waals surface area contributed by atoms with Crippen molar-refractivity contribution in [3.63, 3.8) is 0 Å². The van der Waals surface area contributed by atoms with Crippen LogP contribution in [0.25, 0.3) is 0 Å². The summed E-state index contributed by atoms with van der Waals surface area (Å²) in [5, 5.41) is 9.12. The van der Waals surface area contributed by atoms with Gasteiger partial charge in [-0.3, -0.25) is 0 Å². The molecule has 0 N–H and O–H groups in total. The summed E-state index contributed by atoms with van der Waals surface area (Å²) in [6, 6.07) is 15.7. The topological polar surface area (TPSA) is 33.0 Å². The highest BCUT2D eigenvalue weighted by molar-refractivity contribution is 5.50. The van der Waals surface area contributed by atoms with Gasteiger partial charge in [0, 0.05) is 0 Å². The Morgan fingerprint density at radius 1 is 1.11 bits per heavy atom. The van der Waals surface area contributed by atoms with Crippen molar-refractivity contribution in [2.24, 2.45) is 0 Å². The molecule has 2 heteroatoms. The van der Waals surface area contributed by atoms with E-state index < -0.39 is 0 Å². The van der Waals surface area contributed by atoms with Gasteiger partial charge < -0.3 is 4.74 Å². The number of nitriles is 1. The third kappa shape index (κ3) is 2.36. The fourth-order valence-electron chi connectivity index (χ4n) is 1.88. The molecular weight excluding hydrogens is 222 g/mol. The van der Waals surface area contributed by atoms with E-state index in [9.17, 15) is 0 Å². The van der Waals surface area contributed by atoms with Gasteiger partial charge in [-0.15, -0.1) is 0 Å². The normalized spacial score (nSPS) is 9.83. The number of ether oxygens (including phenoxy) is 1. The second kappa shape index (κ2) is 5.37. The third-order valence-corrected chi connectivity index (χ3v) is 2.90. The molecule has 0 radical (unpaired) electrons. The van der Waals surface area contributed by atoms with E-state index in [1.165, 1.54) is 0 Å². The fraction of sp³-hybridized carbons (Fsp3) is 0.188. The SMILES string of the molecule is CCc1ccccc1Oc1c(C)cccc1C#N. The van der Waals surface area contributed by atoms with Crippen molar-refractivity contribution in [3.05, 3.63) is 59.2 Å². The number of benzene rings is 2. The van der Waals surface area contributed by atoms with Crippen molar-refractivity contribution < 1.29 is 4.74 Å². The summed E-state index contributed by atoms with van der Waals surface area (Å²) in [6.45, 7) is 4.04. The van der Waals surface area contributed by atoms with E-state index in [0.717, 1.165) is 23.3 Å². The molecule has 0 atom stereocenters. The molecule has 0 unspecified atom stereocenters. The molecule has 2 rings (SSSR count). The van der Waals surface area contributed by atoms with Crippen LogP contribution in [-0.2, 0) is 6.42 Å². The second-order valence-corrected chi connectivity index (χ2v) is 4.13. The van der Waals surface area contributed by atoms with Gasteiger partial charge in [0.15, 0.2) is 0 Å². The van der Waals surface area contributed by atoms with E-state index in [-0.39, 0.29) is 0 Å². The average molecular weight is 237 g/mol. The van der Waals surface area contributed by atoms with Crippen LogP contribution in [0.3, 0.4) is 0 Å². The van der Waals surface area contributed by atoms with Crippen LogP contribution in [0.2, 0.25) is 0 Å². The molecule has 0 fully saturated rings. The molecule has 0 saturated carbocycles. The highest BCUT2D eigenvalue weighted by Gasteiger charge is 2.09. The lowest BCUT2D eigenvalue weighted by atomic mass is 10.1. The van der Waals surface area contributed by atoms with Crippen LogP contribution in [0.1, 0.15) is 23.6 Å². The monoisotopic (exact) mass is 237 g/mol.